The van der Waals surface area contributed by atoms with Crippen LogP contribution in [-0.2, 0) is 0 Å². The molecule has 0 bridgehead atoms. The van der Waals surface area contributed by atoms with E-state index < -0.39 is 0 Å². The molecule has 0 aromatic heterocycles. The number of halogens is 2. The van der Waals surface area contributed by atoms with Crippen LogP contribution >= 0.6 is 38.5 Å². The predicted octanol–water partition coefficient (Wildman–Crippen LogP) is 3.89. The molecule has 0 aliphatic carbocycles. The average molecular weight is 502 g/mol. The smallest absolute Gasteiger partial charge is 0.271 e. The van der Waals surface area contributed by atoms with Crippen LogP contribution in [0.2, 0.25) is 0 Å². The summed E-state index contributed by atoms with van der Waals surface area (Å²) in [5.74, 6) is 0.375. The van der Waals surface area contributed by atoms with Crippen LogP contribution in [0.25, 0.3) is 0 Å². The molecule has 24 heavy (non-hydrogen) atoms. The van der Waals surface area contributed by atoms with Gasteiger partial charge in [0.05, 0.1) is 22.6 Å². The van der Waals surface area contributed by atoms with E-state index in [0.29, 0.717) is 11.3 Å². The summed E-state index contributed by atoms with van der Waals surface area (Å²) in [7, 11) is 5.53. The van der Waals surface area contributed by atoms with Crippen molar-refractivity contribution in [2.75, 3.05) is 26.1 Å². The number of nitrogens with one attached hydrogen (secondary N) is 1. The molecule has 0 heterocycles. The molecule has 0 fully saturated rings. The minimum Gasteiger partial charge on any atom is -0.496 e. The highest BCUT2D eigenvalue weighted by molar-refractivity contribution is 14.1. The topological polar surface area (TPSA) is 53.9 Å². The van der Waals surface area contributed by atoms with Crippen molar-refractivity contribution < 1.29 is 9.53 Å². The maximum absolute atomic E-state index is 12.1. The van der Waals surface area contributed by atoms with Gasteiger partial charge >= 0.3 is 0 Å². The quantitative estimate of drug-likeness (QED) is 0.384. The Balaban J connectivity index is 2.06. The summed E-state index contributed by atoms with van der Waals surface area (Å²) in [4.78, 5) is 14.1. The molecule has 2 aromatic carbocycles. The summed E-state index contributed by atoms with van der Waals surface area (Å²) >= 11 is 5.68. The van der Waals surface area contributed by atoms with Gasteiger partial charge in [-0.05, 0) is 74.4 Å². The van der Waals surface area contributed by atoms with Crippen LogP contribution in [0.1, 0.15) is 15.9 Å². The first-order chi connectivity index (χ1) is 11.4. The zero-order valence-corrected chi connectivity index (χ0v) is 17.3. The Morgan fingerprint density at radius 3 is 2.67 bits per heavy atom. The molecule has 126 valence electrons. The number of ether oxygens (including phenoxy) is 1. The third-order valence-corrected chi connectivity index (χ3v) is 4.77. The number of rotatable bonds is 5. The van der Waals surface area contributed by atoms with Crippen LogP contribution < -0.4 is 15.1 Å². The van der Waals surface area contributed by atoms with Gasteiger partial charge in [0, 0.05) is 24.1 Å². The van der Waals surface area contributed by atoms with Gasteiger partial charge in [-0.2, -0.15) is 5.10 Å². The van der Waals surface area contributed by atoms with E-state index in [-0.39, 0.29) is 5.91 Å². The van der Waals surface area contributed by atoms with Crippen molar-refractivity contribution in [3.8, 4) is 5.75 Å². The van der Waals surface area contributed by atoms with Crippen molar-refractivity contribution in [1.29, 1.82) is 0 Å². The van der Waals surface area contributed by atoms with E-state index in [1.54, 1.807) is 25.5 Å². The summed E-state index contributed by atoms with van der Waals surface area (Å²) in [6, 6.07) is 11.1. The largest absolute Gasteiger partial charge is 0.496 e. The van der Waals surface area contributed by atoms with Crippen molar-refractivity contribution in [1.82, 2.24) is 5.43 Å². The number of anilines is 1. The van der Waals surface area contributed by atoms with E-state index >= 15 is 0 Å². The Morgan fingerprint density at radius 2 is 2.04 bits per heavy atom. The van der Waals surface area contributed by atoms with E-state index in [1.165, 1.54) is 0 Å². The predicted molar refractivity (Wildman–Crippen MR) is 109 cm³/mol. The van der Waals surface area contributed by atoms with E-state index in [9.17, 15) is 4.79 Å². The maximum atomic E-state index is 12.1. The highest BCUT2D eigenvalue weighted by Gasteiger charge is 2.08. The number of benzene rings is 2. The number of carbonyl (C=O) groups excluding carboxylic acids is 1. The van der Waals surface area contributed by atoms with Gasteiger partial charge in [-0.15, -0.1) is 0 Å². The van der Waals surface area contributed by atoms with Crippen molar-refractivity contribution in [2.45, 2.75) is 0 Å². The van der Waals surface area contributed by atoms with Crippen molar-refractivity contribution in [3.63, 3.8) is 0 Å². The Hall–Kier alpha value is -1.61. The van der Waals surface area contributed by atoms with Gasteiger partial charge in [0.25, 0.3) is 5.91 Å². The van der Waals surface area contributed by atoms with Gasteiger partial charge in [0.2, 0.25) is 0 Å². The molecule has 0 atom stereocenters. The summed E-state index contributed by atoms with van der Waals surface area (Å²) < 4.78 is 7.13. The van der Waals surface area contributed by atoms with Gasteiger partial charge in [-0.25, -0.2) is 5.43 Å². The van der Waals surface area contributed by atoms with Crippen LogP contribution in [0.4, 0.5) is 5.69 Å². The number of hydrogen-bond acceptors (Lipinski definition) is 4. The first kappa shape index (κ1) is 18.7. The Kier molecular flexibility index (Phi) is 6.61. The molecule has 2 aromatic rings. The van der Waals surface area contributed by atoms with Crippen LogP contribution in [0.3, 0.4) is 0 Å². The van der Waals surface area contributed by atoms with E-state index in [2.05, 4.69) is 49.0 Å². The molecule has 0 radical (unpaired) electrons. The molecular weight excluding hydrogens is 485 g/mol. The van der Waals surface area contributed by atoms with Gasteiger partial charge in [0.1, 0.15) is 5.75 Å². The second-order valence-corrected chi connectivity index (χ2v) is 7.17. The molecule has 0 spiro atoms. The highest BCUT2D eigenvalue weighted by atomic mass is 127. The van der Waals surface area contributed by atoms with Crippen LogP contribution in [0.5, 0.6) is 5.75 Å². The summed E-state index contributed by atoms with van der Waals surface area (Å²) in [6.45, 7) is 0. The van der Waals surface area contributed by atoms with Gasteiger partial charge in [-0.3, -0.25) is 4.79 Å². The Labute approximate surface area is 163 Å². The lowest BCUT2D eigenvalue weighted by molar-refractivity contribution is 0.0955. The van der Waals surface area contributed by atoms with E-state index in [1.807, 2.05) is 43.3 Å². The first-order valence-electron chi connectivity index (χ1n) is 7.06. The number of hydrogen-bond donors (Lipinski definition) is 1. The third kappa shape index (κ3) is 4.70. The molecule has 7 heteroatoms. The van der Waals surface area contributed by atoms with Gasteiger partial charge < -0.3 is 9.64 Å². The number of nitrogens with zero attached hydrogens (tertiary/aromatic N) is 2. The number of hydrazone groups is 1. The molecule has 1 N–H and O–H groups in total. The van der Waals surface area contributed by atoms with Gasteiger partial charge in [-0.1, -0.05) is 6.07 Å². The Bertz CT molecular complexity index is 778. The van der Waals surface area contributed by atoms with Crippen molar-refractivity contribution >= 4 is 56.3 Å². The zero-order valence-electron chi connectivity index (χ0n) is 13.5. The number of amides is 1. The molecule has 0 saturated heterocycles. The lowest BCUT2D eigenvalue weighted by Crippen LogP contribution is -2.17. The van der Waals surface area contributed by atoms with E-state index in [0.717, 1.165) is 19.3 Å². The monoisotopic (exact) mass is 501 g/mol. The van der Waals surface area contributed by atoms with Crippen LogP contribution in [-0.4, -0.2) is 33.3 Å². The molecule has 0 saturated carbocycles. The SMILES string of the molecule is COc1cc(C(=O)N/N=C\c2ccc(N(C)C)c(Br)c2)ccc1I. The van der Waals surface area contributed by atoms with Crippen LogP contribution in [0, 0.1) is 3.57 Å². The van der Waals surface area contributed by atoms with Crippen LogP contribution in [0.15, 0.2) is 46.0 Å². The highest BCUT2D eigenvalue weighted by Crippen LogP contribution is 2.25. The molecular formula is C17H17BrIN3O2. The van der Waals surface area contributed by atoms with E-state index in [4.69, 9.17) is 4.74 Å². The Morgan fingerprint density at radius 1 is 1.29 bits per heavy atom. The zero-order chi connectivity index (χ0) is 17.7. The minimum atomic E-state index is -0.287. The maximum Gasteiger partial charge on any atom is 0.271 e. The van der Waals surface area contributed by atoms with Gasteiger partial charge in [0.15, 0.2) is 0 Å². The average Bonchev–Trinajstić information content (AvgIpc) is 2.54. The fourth-order valence-electron chi connectivity index (χ4n) is 2.00. The number of carbonyl (C=O) groups is 1. The fraction of sp³-hybridized carbons (Fsp3) is 0.176. The second-order valence-electron chi connectivity index (χ2n) is 5.15. The standard InChI is InChI=1S/C17H17BrIN3O2/c1-22(2)15-7-4-11(8-13(15)18)10-20-21-17(23)12-5-6-14(19)16(9-12)24-3/h4-10H,1-3H3,(H,21,23)/b20-10-. The third-order valence-electron chi connectivity index (χ3n) is 3.25. The summed E-state index contributed by atoms with van der Waals surface area (Å²) in [6.07, 6.45) is 1.60. The molecule has 0 aliphatic heterocycles. The second kappa shape index (κ2) is 8.48. The number of methoxy groups -OCH3 is 1. The lowest BCUT2D eigenvalue weighted by Gasteiger charge is -2.14. The molecule has 2 rings (SSSR count). The normalized spacial score (nSPS) is 10.7. The molecule has 1 amide bonds. The lowest BCUT2D eigenvalue weighted by atomic mass is 10.2. The van der Waals surface area contributed by atoms with Crippen molar-refractivity contribution in [2.24, 2.45) is 5.10 Å². The first-order valence-corrected chi connectivity index (χ1v) is 8.93. The molecule has 0 aliphatic rings. The molecule has 0 unspecified atom stereocenters. The summed E-state index contributed by atoms with van der Waals surface area (Å²) in [5.41, 5.74) is 4.97. The van der Waals surface area contributed by atoms with Crippen molar-refractivity contribution in [3.05, 3.63) is 55.6 Å². The minimum absolute atomic E-state index is 0.287. The summed E-state index contributed by atoms with van der Waals surface area (Å²) in [5, 5.41) is 4.01. The fourth-order valence-corrected chi connectivity index (χ4v) is 3.30. The molecule has 5 nitrogen and oxygen atoms in total.